The summed E-state index contributed by atoms with van der Waals surface area (Å²) < 4.78 is 1.54. The SMILES string of the molecule is Clc1cc(Cl)n2nc(-c3cccnc3)cc2n1. The summed E-state index contributed by atoms with van der Waals surface area (Å²) >= 11 is 11.9. The number of pyridine rings is 1. The monoisotopic (exact) mass is 264 g/mol. The van der Waals surface area contributed by atoms with Crippen molar-refractivity contribution in [1.29, 1.82) is 0 Å². The van der Waals surface area contributed by atoms with Gasteiger partial charge in [0.25, 0.3) is 0 Å². The molecule has 0 aliphatic carbocycles. The quantitative estimate of drug-likeness (QED) is 0.635. The molecule has 3 aromatic heterocycles. The molecule has 0 saturated carbocycles. The Morgan fingerprint density at radius 1 is 1.18 bits per heavy atom. The van der Waals surface area contributed by atoms with Gasteiger partial charge in [0.15, 0.2) is 5.65 Å². The molecule has 0 atom stereocenters. The van der Waals surface area contributed by atoms with Gasteiger partial charge in [-0.25, -0.2) is 9.50 Å². The van der Waals surface area contributed by atoms with E-state index in [2.05, 4.69) is 15.1 Å². The fourth-order valence-electron chi connectivity index (χ4n) is 1.56. The average Bonchev–Trinajstić information content (AvgIpc) is 2.74. The van der Waals surface area contributed by atoms with Crippen LogP contribution in [0.4, 0.5) is 0 Å². The van der Waals surface area contributed by atoms with Crippen molar-refractivity contribution >= 4 is 28.8 Å². The third kappa shape index (κ3) is 1.85. The average molecular weight is 265 g/mol. The van der Waals surface area contributed by atoms with E-state index in [1.54, 1.807) is 18.5 Å². The Morgan fingerprint density at radius 2 is 2.06 bits per heavy atom. The van der Waals surface area contributed by atoms with Gasteiger partial charge in [-0.1, -0.05) is 23.2 Å². The largest absolute Gasteiger partial charge is 0.264 e. The van der Waals surface area contributed by atoms with Crippen LogP contribution in [0.15, 0.2) is 36.7 Å². The molecule has 0 spiro atoms. The van der Waals surface area contributed by atoms with Crippen molar-refractivity contribution in [2.45, 2.75) is 0 Å². The van der Waals surface area contributed by atoms with Crippen LogP contribution in [0.5, 0.6) is 0 Å². The zero-order chi connectivity index (χ0) is 11.8. The molecule has 0 unspecified atom stereocenters. The van der Waals surface area contributed by atoms with Crippen molar-refractivity contribution in [3.05, 3.63) is 47.0 Å². The molecule has 17 heavy (non-hydrogen) atoms. The first-order valence-corrected chi connectivity index (χ1v) is 5.62. The van der Waals surface area contributed by atoms with Crippen LogP contribution >= 0.6 is 23.2 Å². The van der Waals surface area contributed by atoms with Gasteiger partial charge in [0, 0.05) is 30.1 Å². The van der Waals surface area contributed by atoms with Gasteiger partial charge in [0.1, 0.15) is 10.3 Å². The number of nitrogens with zero attached hydrogens (tertiary/aromatic N) is 4. The first-order valence-electron chi connectivity index (χ1n) is 4.86. The predicted molar refractivity (Wildman–Crippen MR) is 66.2 cm³/mol. The molecule has 0 fully saturated rings. The molecule has 3 rings (SSSR count). The minimum atomic E-state index is 0.347. The van der Waals surface area contributed by atoms with Gasteiger partial charge in [-0.2, -0.15) is 5.10 Å². The predicted octanol–water partition coefficient (Wildman–Crippen LogP) is 3.10. The van der Waals surface area contributed by atoms with E-state index in [9.17, 15) is 0 Å². The van der Waals surface area contributed by atoms with Gasteiger partial charge in [0.05, 0.1) is 5.69 Å². The van der Waals surface area contributed by atoms with Crippen LogP contribution in [-0.4, -0.2) is 19.6 Å². The van der Waals surface area contributed by atoms with Crippen molar-refractivity contribution in [2.75, 3.05) is 0 Å². The molecule has 0 saturated heterocycles. The third-order valence-electron chi connectivity index (χ3n) is 2.31. The van der Waals surface area contributed by atoms with Gasteiger partial charge >= 0.3 is 0 Å². The minimum absolute atomic E-state index is 0.347. The third-order valence-corrected chi connectivity index (χ3v) is 2.77. The highest BCUT2D eigenvalue weighted by Gasteiger charge is 2.08. The fourth-order valence-corrected chi connectivity index (χ4v) is 2.04. The molecule has 0 amide bonds. The Bertz CT molecular complexity index is 679. The molecule has 3 heterocycles. The van der Waals surface area contributed by atoms with Gasteiger partial charge < -0.3 is 0 Å². The number of hydrogen-bond donors (Lipinski definition) is 0. The van der Waals surface area contributed by atoms with E-state index in [-0.39, 0.29) is 0 Å². The number of aromatic nitrogens is 4. The summed E-state index contributed by atoms with van der Waals surface area (Å²) in [5.41, 5.74) is 2.28. The maximum absolute atomic E-state index is 6.02. The number of halogens is 2. The van der Waals surface area contributed by atoms with Crippen molar-refractivity contribution in [2.24, 2.45) is 0 Å². The molecule has 0 radical (unpaired) electrons. The lowest BCUT2D eigenvalue weighted by Gasteiger charge is -1.96. The molecule has 6 heteroatoms. The zero-order valence-corrected chi connectivity index (χ0v) is 10.0. The summed E-state index contributed by atoms with van der Waals surface area (Å²) in [6, 6.07) is 7.14. The van der Waals surface area contributed by atoms with Crippen LogP contribution in [0.3, 0.4) is 0 Å². The first-order chi connectivity index (χ1) is 8.24. The number of hydrogen-bond acceptors (Lipinski definition) is 3. The van der Waals surface area contributed by atoms with Crippen LogP contribution in [0.25, 0.3) is 16.9 Å². The maximum atomic E-state index is 6.02. The number of fused-ring (bicyclic) bond motifs is 1. The van der Waals surface area contributed by atoms with Crippen molar-refractivity contribution < 1.29 is 0 Å². The van der Waals surface area contributed by atoms with Crippen LogP contribution < -0.4 is 0 Å². The van der Waals surface area contributed by atoms with Gasteiger partial charge in [0.2, 0.25) is 0 Å². The smallest absolute Gasteiger partial charge is 0.159 e. The molecular formula is C11H6Cl2N4. The molecule has 0 N–H and O–H groups in total. The lowest BCUT2D eigenvalue weighted by atomic mass is 10.2. The van der Waals surface area contributed by atoms with Crippen LogP contribution in [-0.2, 0) is 0 Å². The Hall–Kier alpha value is -1.65. The Balaban J connectivity index is 2.24. The van der Waals surface area contributed by atoms with E-state index in [1.807, 2.05) is 18.2 Å². The van der Waals surface area contributed by atoms with E-state index in [4.69, 9.17) is 23.2 Å². The summed E-state index contributed by atoms with van der Waals surface area (Å²) in [5, 5.41) is 5.12. The van der Waals surface area contributed by atoms with Gasteiger partial charge in [-0.3, -0.25) is 4.98 Å². The Labute approximate surface area is 107 Å². The van der Waals surface area contributed by atoms with E-state index in [0.29, 0.717) is 16.0 Å². The molecule has 0 aliphatic heterocycles. The summed E-state index contributed by atoms with van der Waals surface area (Å²) in [5.74, 6) is 0. The molecule has 0 aliphatic rings. The van der Waals surface area contributed by atoms with Crippen LogP contribution in [0.1, 0.15) is 0 Å². The molecule has 0 aromatic carbocycles. The van der Waals surface area contributed by atoms with Gasteiger partial charge in [-0.15, -0.1) is 0 Å². The summed E-state index contributed by atoms with van der Waals surface area (Å²) in [4.78, 5) is 8.19. The molecule has 4 nitrogen and oxygen atoms in total. The Morgan fingerprint density at radius 3 is 2.82 bits per heavy atom. The van der Waals surface area contributed by atoms with Crippen LogP contribution in [0.2, 0.25) is 10.3 Å². The van der Waals surface area contributed by atoms with Crippen LogP contribution in [0, 0.1) is 0 Å². The number of rotatable bonds is 1. The first kappa shape index (κ1) is 10.5. The summed E-state index contributed by atoms with van der Waals surface area (Å²) in [7, 11) is 0. The lowest BCUT2D eigenvalue weighted by Crippen LogP contribution is -1.92. The molecule has 0 bridgehead atoms. The van der Waals surface area contributed by atoms with E-state index in [1.165, 1.54) is 4.52 Å². The van der Waals surface area contributed by atoms with Crippen molar-refractivity contribution in [3.8, 4) is 11.3 Å². The molecular weight excluding hydrogens is 259 g/mol. The highest BCUT2D eigenvalue weighted by molar-refractivity contribution is 6.33. The second-order valence-electron chi connectivity index (χ2n) is 3.44. The van der Waals surface area contributed by atoms with E-state index in [0.717, 1.165) is 11.3 Å². The second-order valence-corrected chi connectivity index (χ2v) is 4.22. The van der Waals surface area contributed by atoms with E-state index >= 15 is 0 Å². The summed E-state index contributed by atoms with van der Waals surface area (Å²) in [6.07, 6.45) is 3.44. The minimum Gasteiger partial charge on any atom is -0.264 e. The molecule has 84 valence electrons. The lowest BCUT2D eigenvalue weighted by molar-refractivity contribution is 0.944. The molecule has 3 aromatic rings. The van der Waals surface area contributed by atoms with Crippen molar-refractivity contribution in [3.63, 3.8) is 0 Å². The van der Waals surface area contributed by atoms with Gasteiger partial charge in [-0.05, 0) is 12.1 Å². The highest BCUT2D eigenvalue weighted by Crippen LogP contribution is 2.22. The topological polar surface area (TPSA) is 43.1 Å². The summed E-state index contributed by atoms with van der Waals surface area (Å²) in [6.45, 7) is 0. The zero-order valence-electron chi connectivity index (χ0n) is 8.51. The second kappa shape index (κ2) is 3.98. The van der Waals surface area contributed by atoms with E-state index < -0.39 is 0 Å². The normalized spacial score (nSPS) is 10.9. The highest BCUT2D eigenvalue weighted by atomic mass is 35.5. The maximum Gasteiger partial charge on any atom is 0.159 e. The Kier molecular flexibility index (Phi) is 2.46. The fraction of sp³-hybridized carbons (Fsp3) is 0. The van der Waals surface area contributed by atoms with Crippen molar-refractivity contribution in [1.82, 2.24) is 19.6 Å². The standard InChI is InChI=1S/C11H6Cl2N4/c12-9-5-10(13)17-11(15-9)4-8(16-17)7-2-1-3-14-6-7/h1-6H.